The summed E-state index contributed by atoms with van der Waals surface area (Å²) in [6.45, 7) is 5.81. The standard InChI is InChI=1S/C17H28N2O/c1-13-6-7-17(14(2)9-13)19-11-15(12-20)10-16-5-3-4-8-18-16/h3-5,8,13-15,17,19-20H,6-7,9-12H2,1-2H3/t13-,14+,15+,17+/m1/s1. The predicted molar refractivity (Wildman–Crippen MR) is 82.5 cm³/mol. The molecule has 2 rings (SSSR count). The van der Waals surface area contributed by atoms with Gasteiger partial charge in [0.25, 0.3) is 0 Å². The Balaban J connectivity index is 1.79. The summed E-state index contributed by atoms with van der Waals surface area (Å²) >= 11 is 0. The zero-order valence-electron chi connectivity index (χ0n) is 12.8. The van der Waals surface area contributed by atoms with E-state index in [1.54, 1.807) is 0 Å². The molecule has 0 bridgehead atoms. The SMILES string of the molecule is C[C@@H]1CC[C@H](NC[C@@H](CO)Cc2ccccn2)[C@@H](C)C1. The quantitative estimate of drug-likeness (QED) is 0.839. The monoisotopic (exact) mass is 276 g/mol. The average molecular weight is 276 g/mol. The molecule has 1 fully saturated rings. The largest absolute Gasteiger partial charge is 0.396 e. The van der Waals surface area contributed by atoms with E-state index >= 15 is 0 Å². The lowest BCUT2D eigenvalue weighted by molar-refractivity contribution is 0.188. The third kappa shape index (κ3) is 4.57. The van der Waals surface area contributed by atoms with Crippen LogP contribution in [0.1, 0.15) is 38.8 Å². The van der Waals surface area contributed by atoms with E-state index in [-0.39, 0.29) is 12.5 Å². The highest BCUT2D eigenvalue weighted by Gasteiger charge is 2.25. The number of pyridine rings is 1. The second-order valence-electron chi connectivity index (χ2n) is 6.48. The lowest BCUT2D eigenvalue weighted by Crippen LogP contribution is -2.42. The molecule has 1 aliphatic carbocycles. The van der Waals surface area contributed by atoms with Gasteiger partial charge in [0.05, 0.1) is 0 Å². The van der Waals surface area contributed by atoms with Crippen molar-refractivity contribution in [3.63, 3.8) is 0 Å². The van der Waals surface area contributed by atoms with Gasteiger partial charge in [0, 0.05) is 31.1 Å². The van der Waals surface area contributed by atoms with Gasteiger partial charge in [0.1, 0.15) is 0 Å². The van der Waals surface area contributed by atoms with E-state index in [0.29, 0.717) is 6.04 Å². The second-order valence-corrected chi connectivity index (χ2v) is 6.48. The molecule has 0 aliphatic heterocycles. The topological polar surface area (TPSA) is 45.1 Å². The molecule has 1 saturated carbocycles. The van der Waals surface area contributed by atoms with Crippen LogP contribution in [0.25, 0.3) is 0 Å². The van der Waals surface area contributed by atoms with E-state index in [9.17, 15) is 5.11 Å². The number of aliphatic hydroxyl groups excluding tert-OH is 1. The summed E-state index contributed by atoms with van der Waals surface area (Å²) in [5.41, 5.74) is 1.07. The highest BCUT2D eigenvalue weighted by molar-refractivity contribution is 5.04. The summed E-state index contributed by atoms with van der Waals surface area (Å²) in [4.78, 5) is 4.35. The first-order valence-corrected chi connectivity index (χ1v) is 7.93. The molecule has 112 valence electrons. The van der Waals surface area contributed by atoms with Gasteiger partial charge in [-0.15, -0.1) is 0 Å². The maximum absolute atomic E-state index is 9.56. The minimum Gasteiger partial charge on any atom is -0.396 e. The Labute approximate surface area is 122 Å². The minimum atomic E-state index is 0.223. The number of aliphatic hydroxyl groups is 1. The molecular weight excluding hydrogens is 248 g/mol. The van der Waals surface area contributed by atoms with E-state index in [4.69, 9.17) is 0 Å². The van der Waals surface area contributed by atoms with E-state index in [1.807, 2.05) is 24.4 Å². The molecule has 0 radical (unpaired) electrons. The van der Waals surface area contributed by atoms with Crippen LogP contribution in [0.5, 0.6) is 0 Å². The molecule has 0 aromatic carbocycles. The number of aromatic nitrogens is 1. The van der Waals surface area contributed by atoms with Crippen LogP contribution >= 0.6 is 0 Å². The maximum atomic E-state index is 9.56. The second kappa shape index (κ2) is 7.75. The molecule has 3 nitrogen and oxygen atoms in total. The van der Waals surface area contributed by atoms with Gasteiger partial charge in [-0.25, -0.2) is 0 Å². The Hall–Kier alpha value is -0.930. The molecular formula is C17H28N2O. The van der Waals surface area contributed by atoms with Gasteiger partial charge >= 0.3 is 0 Å². The Bertz CT molecular complexity index is 382. The van der Waals surface area contributed by atoms with Crippen LogP contribution in [0, 0.1) is 17.8 Å². The summed E-state index contributed by atoms with van der Waals surface area (Å²) in [6, 6.07) is 6.59. The van der Waals surface area contributed by atoms with Crippen LogP contribution in [0.15, 0.2) is 24.4 Å². The van der Waals surface area contributed by atoms with E-state index in [2.05, 4.69) is 24.1 Å². The zero-order chi connectivity index (χ0) is 14.4. The molecule has 2 N–H and O–H groups in total. The van der Waals surface area contributed by atoms with Crippen molar-refractivity contribution in [1.29, 1.82) is 0 Å². The van der Waals surface area contributed by atoms with Crippen molar-refractivity contribution in [2.45, 2.75) is 45.6 Å². The molecule has 1 aromatic rings. The van der Waals surface area contributed by atoms with Gasteiger partial charge in [0.15, 0.2) is 0 Å². The summed E-state index contributed by atoms with van der Waals surface area (Å²) in [5, 5.41) is 13.2. The molecule has 1 aromatic heterocycles. The van der Waals surface area contributed by atoms with E-state index in [1.165, 1.54) is 19.3 Å². The van der Waals surface area contributed by atoms with Crippen molar-refractivity contribution in [3.05, 3.63) is 30.1 Å². The molecule has 0 unspecified atom stereocenters. The number of hydrogen-bond donors (Lipinski definition) is 2. The fraction of sp³-hybridized carbons (Fsp3) is 0.706. The predicted octanol–water partition coefficient (Wildman–Crippen LogP) is 2.65. The zero-order valence-corrected chi connectivity index (χ0v) is 12.8. The number of nitrogens with zero attached hydrogens (tertiary/aromatic N) is 1. The smallest absolute Gasteiger partial charge is 0.0475 e. The first-order valence-electron chi connectivity index (χ1n) is 7.93. The van der Waals surface area contributed by atoms with Crippen LogP contribution in [-0.2, 0) is 6.42 Å². The van der Waals surface area contributed by atoms with Crippen LogP contribution in [-0.4, -0.2) is 29.3 Å². The lowest BCUT2D eigenvalue weighted by Gasteiger charge is -2.34. The van der Waals surface area contributed by atoms with E-state index < -0.39 is 0 Å². The van der Waals surface area contributed by atoms with Crippen molar-refractivity contribution in [2.24, 2.45) is 17.8 Å². The number of nitrogens with one attached hydrogen (secondary N) is 1. The molecule has 0 spiro atoms. The summed E-state index contributed by atoms with van der Waals surface area (Å²) in [5.74, 6) is 1.87. The molecule has 0 saturated heterocycles. The summed E-state index contributed by atoms with van der Waals surface area (Å²) in [7, 11) is 0. The molecule has 3 heteroatoms. The highest BCUT2D eigenvalue weighted by Crippen LogP contribution is 2.28. The first kappa shape index (κ1) is 15.5. The Morgan fingerprint density at radius 1 is 1.35 bits per heavy atom. The average Bonchev–Trinajstić information content (AvgIpc) is 2.46. The molecule has 1 heterocycles. The molecule has 20 heavy (non-hydrogen) atoms. The third-order valence-corrected chi connectivity index (χ3v) is 4.58. The maximum Gasteiger partial charge on any atom is 0.0475 e. The Morgan fingerprint density at radius 3 is 2.85 bits per heavy atom. The first-order chi connectivity index (χ1) is 9.69. The van der Waals surface area contributed by atoms with Crippen molar-refractivity contribution >= 4 is 0 Å². The highest BCUT2D eigenvalue weighted by atomic mass is 16.3. The normalized spacial score (nSPS) is 28.2. The summed E-state index contributed by atoms with van der Waals surface area (Å²) in [6.07, 6.45) is 6.58. The fourth-order valence-electron chi connectivity index (χ4n) is 3.30. The third-order valence-electron chi connectivity index (χ3n) is 4.58. The fourth-order valence-corrected chi connectivity index (χ4v) is 3.30. The number of rotatable bonds is 6. The van der Waals surface area contributed by atoms with Crippen molar-refractivity contribution in [3.8, 4) is 0 Å². The van der Waals surface area contributed by atoms with Crippen LogP contribution < -0.4 is 5.32 Å². The van der Waals surface area contributed by atoms with Crippen LogP contribution in [0.3, 0.4) is 0 Å². The van der Waals surface area contributed by atoms with Gasteiger partial charge in [-0.2, -0.15) is 0 Å². The van der Waals surface area contributed by atoms with Crippen molar-refractivity contribution < 1.29 is 5.11 Å². The minimum absolute atomic E-state index is 0.223. The van der Waals surface area contributed by atoms with Gasteiger partial charge in [-0.05, 0) is 55.6 Å². The summed E-state index contributed by atoms with van der Waals surface area (Å²) < 4.78 is 0. The van der Waals surface area contributed by atoms with Gasteiger partial charge in [-0.1, -0.05) is 19.9 Å². The number of hydrogen-bond acceptors (Lipinski definition) is 3. The van der Waals surface area contributed by atoms with Crippen molar-refractivity contribution in [1.82, 2.24) is 10.3 Å². The van der Waals surface area contributed by atoms with Crippen LogP contribution in [0.2, 0.25) is 0 Å². The molecule has 1 aliphatic rings. The van der Waals surface area contributed by atoms with Gasteiger partial charge in [0.2, 0.25) is 0 Å². The molecule has 4 atom stereocenters. The van der Waals surface area contributed by atoms with Crippen LogP contribution in [0.4, 0.5) is 0 Å². The van der Waals surface area contributed by atoms with E-state index in [0.717, 1.165) is 30.5 Å². The van der Waals surface area contributed by atoms with Gasteiger partial charge in [-0.3, -0.25) is 4.98 Å². The Kier molecular flexibility index (Phi) is 5.99. The Morgan fingerprint density at radius 2 is 2.20 bits per heavy atom. The van der Waals surface area contributed by atoms with Crippen molar-refractivity contribution in [2.75, 3.05) is 13.2 Å². The van der Waals surface area contributed by atoms with Gasteiger partial charge < -0.3 is 10.4 Å². The molecule has 0 amide bonds. The lowest BCUT2D eigenvalue weighted by atomic mass is 9.79.